The average molecular weight is 312 g/mol. The summed E-state index contributed by atoms with van der Waals surface area (Å²) in [4.78, 5) is 20.7. The van der Waals surface area contributed by atoms with E-state index in [2.05, 4.69) is 6.92 Å². The Bertz CT molecular complexity index is 405. The third kappa shape index (κ3) is 9.90. The van der Waals surface area contributed by atoms with E-state index in [-0.39, 0.29) is 11.1 Å². The van der Waals surface area contributed by atoms with E-state index < -0.39 is 18.2 Å². The van der Waals surface area contributed by atoms with Crippen LogP contribution in [0, 0.1) is 0 Å². The van der Waals surface area contributed by atoms with E-state index in [9.17, 15) is 9.59 Å². The number of benzene rings is 1. The molecule has 22 heavy (non-hydrogen) atoms. The number of aromatic carboxylic acids is 2. The molecule has 0 aliphatic heterocycles. The molecule has 6 nitrogen and oxygen atoms in total. The molecule has 0 radical (unpaired) electrons. The van der Waals surface area contributed by atoms with Gasteiger partial charge in [0, 0.05) is 0 Å². The van der Waals surface area contributed by atoms with Gasteiger partial charge >= 0.3 is 11.9 Å². The summed E-state index contributed by atoms with van der Waals surface area (Å²) in [5.41, 5.74) is 0.167. The third-order valence-electron chi connectivity index (χ3n) is 2.94. The van der Waals surface area contributed by atoms with Crippen molar-refractivity contribution >= 4 is 11.9 Å². The van der Waals surface area contributed by atoms with Gasteiger partial charge in [-0.3, -0.25) is 0 Å². The zero-order chi connectivity index (χ0) is 17.0. The molecule has 0 atom stereocenters. The van der Waals surface area contributed by atoms with Crippen molar-refractivity contribution in [2.45, 2.75) is 51.7 Å². The number of carboxylic acid groups (broad SMARTS) is 2. The minimum Gasteiger partial charge on any atom is -0.478 e. The highest BCUT2D eigenvalue weighted by Gasteiger charge is 2.04. The molecule has 0 fully saturated rings. The SMILES string of the molecule is CCCCCCCC(O)O.O=C(O)c1ccc(C(=O)O)cc1. The van der Waals surface area contributed by atoms with Gasteiger partial charge in [-0.25, -0.2) is 9.59 Å². The van der Waals surface area contributed by atoms with Crippen LogP contribution in [0.3, 0.4) is 0 Å². The van der Waals surface area contributed by atoms with Crippen molar-refractivity contribution in [1.82, 2.24) is 0 Å². The Balaban J connectivity index is 0.000000409. The second-order valence-electron chi connectivity index (χ2n) is 4.87. The quantitative estimate of drug-likeness (QED) is 0.433. The number of unbranched alkanes of at least 4 members (excludes halogenated alkanes) is 4. The maximum Gasteiger partial charge on any atom is 0.335 e. The zero-order valence-electron chi connectivity index (χ0n) is 12.7. The van der Waals surface area contributed by atoms with E-state index in [0.717, 1.165) is 12.8 Å². The van der Waals surface area contributed by atoms with Crippen LogP contribution in [-0.2, 0) is 0 Å². The van der Waals surface area contributed by atoms with Crippen LogP contribution in [0.1, 0.15) is 66.2 Å². The molecular weight excluding hydrogens is 288 g/mol. The van der Waals surface area contributed by atoms with Crippen LogP contribution in [0.4, 0.5) is 0 Å². The van der Waals surface area contributed by atoms with Crippen molar-refractivity contribution < 1.29 is 30.0 Å². The summed E-state index contributed by atoms with van der Waals surface area (Å²) in [7, 11) is 0. The summed E-state index contributed by atoms with van der Waals surface area (Å²) in [6.45, 7) is 2.17. The van der Waals surface area contributed by atoms with Crippen molar-refractivity contribution in [3.05, 3.63) is 35.4 Å². The van der Waals surface area contributed by atoms with E-state index in [1.54, 1.807) is 0 Å². The van der Waals surface area contributed by atoms with Crippen molar-refractivity contribution in [2.24, 2.45) is 0 Å². The fraction of sp³-hybridized carbons (Fsp3) is 0.500. The highest BCUT2D eigenvalue weighted by molar-refractivity contribution is 5.91. The first-order chi connectivity index (χ1) is 10.4. The molecule has 4 N–H and O–H groups in total. The Hall–Kier alpha value is -1.92. The smallest absolute Gasteiger partial charge is 0.335 e. The molecular formula is C16H24O6. The molecule has 6 heteroatoms. The van der Waals surface area contributed by atoms with Gasteiger partial charge in [0.05, 0.1) is 11.1 Å². The van der Waals surface area contributed by atoms with Crippen LogP contribution in [0.2, 0.25) is 0 Å². The first-order valence-electron chi connectivity index (χ1n) is 7.31. The number of hydrogen-bond donors (Lipinski definition) is 4. The van der Waals surface area contributed by atoms with Crippen molar-refractivity contribution in [1.29, 1.82) is 0 Å². The lowest BCUT2D eigenvalue weighted by Crippen LogP contribution is -2.02. The molecule has 0 aliphatic carbocycles. The molecule has 1 rings (SSSR count). The van der Waals surface area contributed by atoms with Gasteiger partial charge in [-0.1, -0.05) is 32.6 Å². The van der Waals surface area contributed by atoms with Gasteiger partial charge in [-0.2, -0.15) is 0 Å². The first kappa shape index (κ1) is 20.1. The first-order valence-corrected chi connectivity index (χ1v) is 7.31. The predicted octanol–water partition coefficient (Wildman–Crippen LogP) is 2.74. The summed E-state index contributed by atoms with van der Waals surface area (Å²) in [6, 6.07) is 5.02. The van der Waals surface area contributed by atoms with Gasteiger partial charge in [-0.15, -0.1) is 0 Å². The molecule has 0 saturated heterocycles. The molecule has 0 amide bonds. The molecule has 1 aromatic carbocycles. The van der Waals surface area contributed by atoms with Gasteiger partial charge in [-0.05, 0) is 37.1 Å². The molecule has 124 valence electrons. The minimum absolute atomic E-state index is 0.0833. The van der Waals surface area contributed by atoms with E-state index in [4.69, 9.17) is 20.4 Å². The highest BCUT2D eigenvalue weighted by Crippen LogP contribution is 2.05. The summed E-state index contributed by atoms with van der Waals surface area (Å²) in [5, 5.41) is 33.9. The largest absolute Gasteiger partial charge is 0.478 e. The van der Waals surface area contributed by atoms with Crippen LogP contribution >= 0.6 is 0 Å². The Labute approximate surface area is 130 Å². The van der Waals surface area contributed by atoms with Crippen LogP contribution in [-0.4, -0.2) is 38.7 Å². The predicted molar refractivity (Wildman–Crippen MR) is 82.0 cm³/mol. The molecule has 0 spiro atoms. The zero-order valence-corrected chi connectivity index (χ0v) is 12.7. The van der Waals surface area contributed by atoms with E-state index in [1.807, 2.05) is 0 Å². The number of aliphatic hydroxyl groups excluding tert-OH is 1. The Morgan fingerprint density at radius 1 is 0.864 bits per heavy atom. The van der Waals surface area contributed by atoms with Gasteiger partial charge in [0.2, 0.25) is 0 Å². The van der Waals surface area contributed by atoms with Gasteiger partial charge in [0.25, 0.3) is 0 Å². The molecule has 0 aromatic heterocycles. The van der Waals surface area contributed by atoms with Crippen molar-refractivity contribution in [3.63, 3.8) is 0 Å². The number of carbonyl (C=O) groups is 2. The van der Waals surface area contributed by atoms with E-state index >= 15 is 0 Å². The average Bonchev–Trinajstić information content (AvgIpc) is 2.47. The summed E-state index contributed by atoms with van der Waals surface area (Å²) < 4.78 is 0. The highest BCUT2D eigenvalue weighted by atomic mass is 16.5. The Kier molecular flexibility index (Phi) is 10.7. The van der Waals surface area contributed by atoms with Crippen molar-refractivity contribution in [3.8, 4) is 0 Å². The Morgan fingerprint density at radius 3 is 1.59 bits per heavy atom. The standard InChI is InChI=1S/C8H6O4.C8H18O2/c9-7(10)5-1-2-6(4-3-5)8(11)12;1-2-3-4-5-6-7-8(9)10/h1-4H,(H,9,10)(H,11,12);8-10H,2-7H2,1H3. The number of carboxylic acids is 2. The van der Waals surface area contributed by atoms with Gasteiger partial charge in [0.1, 0.15) is 0 Å². The molecule has 0 saturated carbocycles. The topological polar surface area (TPSA) is 115 Å². The van der Waals surface area contributed by atoms with Gasteiger partial charge < -0.3 is 20.4 Å². The summed E-state index contributed by atoms with van der Waals surface area (Å²) in [6.07, 6.45) is 5.24. The second kappa shape index (κ2) is 11.7. The maximum atomic E-state index is 10.3. The summed E-state index contributed by atoms with van der Waals surface area (Å²) >= 11 is 0. The Morgan fingerprint density at radius 2 is 1.27 bits per heavy atom. The van der Waals surface area contributed by atoms with E-state index in [0.29, 0.717) is 6.42 Å². The third-order valence-corrected chi connectivity index (χ3v) is 2.94. The fourth-order valence-electron chi connectivity index (χ4n) is 1.69. The monoisotopic (exact) mass is 312 g/mol. The van der Waals surface area contributed by atoms with Crippen LogP contribution in [0.25, 0.3) is 0 Å². The minimum atomic E-state index is -1.10. The number of hydrogen-bond acceptors (Lipinski definition) is 4. The fourth-order valence-corrected chi connectivity index (χ4v) is 1.69. The molecule has 0 unspecified atom stereocenters. The number of rotatable bonds is 8. The van der Waals surface area contributed by atoms with Gasteiger partial charge in [0.15, 0.2) is 6.29 Å². The molecule has 0 aliphatic rings. The molecule has 0 bridgehead atoms. The van der Waals surface area contributed by atoms with Crippen LogP contribution in [0.15, 0.2) is 24.3 Å². The lowest BCUT2D eigenvalue weighted by atomic mass is 10.1. The maximum absolute atomic E-state index is 10.3. The van der Waals surface area contributed by atoms with Crippen LogP contribution < -0.4 is 0 Å². The lowest BCUT2D eigenvalue weighted by molar-refractivity contribution is -0.0466. The molecule has 0 heterocycles. The normalized spacial score (nSPS) is 10.0. The lowest BCUT2D eigenvalue weighted by Gasteiger charge is -2.01. The van der Waals surface area contributed by atoms with E-state index in [1.165, 1.54) is 43.5 Å². The second-order valence-corrected chi connectivity index (χ2v) is 4.87. The number of aliphatic hydroxyl groups is 2. The summed E-state index contributed by atoms with van der Waals surface area (Å²) in [5.74, 6) is -2.13. The molecule has 1 aromatic rings. The van der Waals surface area contributed by atoms with Crippen molar-refractivity contribution in [2.75, 3.05) is 0 Å². The van der Waals surface area contributed by atoms with Crippen LogP contribution in [0.5, 0.6) is 0 Å².